The first-order valence-electron chi connectivity index (χ1n) is 15.8. The maximum Gasteiger partial charge on any atom is 0.460 e. The number of nitrogen functional groups attached to an aromatic ring is 1. The van der Waals surface area contributed by atoms with Gasteiger partial charge < -0.3 is 15.4 Å². The molecule has 26 heteroatoms. The number of esters is 1. The summed E-state index contributed by atoms with van der Waals surface area (Å²) in [7, 11) is 0.974. The van der Waals surface area contributed by atoms with Gasteiger partial charge in [0.1, 0.15) is 6.04 Å². The van der Waals surface area contributed by atoms with Crippen molar-refractivity contribution in [3.05, 3.63) is 64.7 Å². The summed E-state index contributed by atoms with van der Waals surface area (Å²) in [6.07, 6.45) is -12.6. The van der Waals surface area contributed by atoms with Gasteiger partial charge in [0.25, 0.3) is 5.91 Å². The molecule has 0 saturated carbocycles. The zero-order valence-corrected chi connectivity index (χ0v) is 29.1. The highest BCUT2D eigenvalue weighted by Gasteiger charge is 2.95. The summed E-state index contributed by atoms with van der Waals surface area (Å²) in [5.74, 6) is -66.1. The minimum Gasteiger partial charge on any atom is -0.464 e. The lowest BCUT2D eigenvalue weighted by molar-refractivity contribution is -0.461. The zero-order valence-electron chi connectivity index (χ0n) is 28.4. The highest BCUT2D eigenvalue weighted by atomic mass is 35.5. The molecule has 58 heavy (non-hydrogen) atoms. The zero-order chi connectivity index (χ0) is 44.6. The number of carbonyl (C=O) groups is 4. The molecule has 2 saturated heterocycles. The number of carbonyl (C=O) groups excluding carboxylic acids is 4. The van der Waals surface area contributed by atoms with Gasteiger partial charge in [-0.3, -0.25) is 19.3 Å². The number of nitrogens with two attached hydrogens (primary N) is 1. The quantitative estimate of drug-likeness (QED) is 0.0718. The van der Waals surface area contributed by atoms with Crippen LogP contribution in [0.5, 0.6) is 0 Å². The van der Waals surface area contributed by atoms with Gasteiger partial charge >= 0.3 is 53.6 Å². The number of nitrogens with zero attached hydrogens (tertiary/aromatic N) is 2. The van der Waals surface area contributed by atoms with E-state index >= 15 is 0 Å². The average Bonchev–Trinajstić information content (AvgIpc) is 3.57. The van der Waals surface area contributed by atoms with Crippen LogP contribution in [0.25, 0.3) is 0 Å². The molecule has 3 amide bonds. The van der Waals surface area contributed by atoms with Gasteiger partial charge in [0.2, 0.25) is 11.8 Å². The van der Waals surface area contributed by atoms with Gasteiger partial charge in [-0.05, 0) is 36.2 Å². The fraction of sp³-hybridized carbons (Fsp3) is 0.500. The summed E-state index contributed by atoms with van der Waals surface area (Å²) in [6, 6.07) is 6.49. The van der Waals surface area contributed by atoms with Crippen LogP contribution in [0.1, 0.15) is 34.8 Å². The van der Waals surface area contributed by atoms with Crippen LogP contribution in [-0.4, -0.2) is 101 Å². The van der Waals surface area contributed by atoms with Crippen LogP contribution in [0.4, 0.5) is 80.3 Å². The number of imide groups is 1. The summed E-state index contributed by atoms with van der Waals surface area (Å²) in [4.78, 5) is 55.4. The molecule has 0 radical (unpaired) electrons. The lowest BCUT2D eigenvalue weighted by atomic mass is 9.86. The Morgan fingerprint density at radius 2 is 1.21 bits per heavy atom. The van der Waals surface area contributed by atoms with Gasteiger partial charge in [-0.25, -0.2) is 4.79 Å². The van der Waals surface area contributed by atoms with Gasteiger partial charge in [0.15, 0.2) is 0 Å². The topological polar surface area (TPSA) is 110 Å². The highest BCUT2D eigenvalue weighted by molar-refractivity contribution is 6.30. The number of fused-ring (bicyclic) bond motifs is 1. The van der Waals surface area contributed by atoms with Crippen molar-refractivity contribution in [2.75, 3.05) is 19.4 Å². The van der Waals surface area contributed by atoms with E-state index < -0.39 is 115 Å². The van der Waals surface area contributed by atoms with E-state index in [2.05, 4.69) is 0 Å². The minimum absolute atomic E-state index is 0.00887. The highest BCUT2D eigenvalue weighted by Crippen LogP contribution is 2.64. The molecule has 2 fully saturated rings. The van der Waals surface area contributed by atoms with Crippen molar-refractivity contribution in [1.29, 1.82) is 0 Å². The lowest BCUT2D eigenvalue weighted by Crippen LogP contribution is -2.74. The molecule has 2 N–H and O–H groups in total. The number of benzene rings is 2. The number of para-hydroxylation sites is 1. The molecule has 4 atom stereocenters. The molecule has 2 aliphatic rings. The Kier molecular flexibility index (Phi) is 11.6. The number of likely N-dealkylation sites (tertiary alicyclic amines) is 2. The predicted molar refractivity (Wildman–Crippen MR) is 161 cm³/mol. The third kappa shape index (κ3) is 6.72. The number of hydrogen-bond acceptors (Lipinski definition) is 6. The first kappa shape index (κ1) is 46.1. The molecular weight excluding hydrogens is 865 g/mol. The van der Waals surface area contributed by atoms with Crippen LogP contribution in [0, 0.1) is 11.8 Å². The smallest absolute Gasteiger partial charge is 0.460 e. The minimum atomic E-state index is -8.79. The Morgan fingerprint density at radius 1 is 0.707 bits per heavy atom. The van der Waals surface area contributed by atoms with Gasteiger partial charge in [0, 0.05) is 24.2 Å². The van der Waals surface area contributed by atoms with E-state index in [0.717, 1.165) is 13.1 Å². The van der Waals surface area contributed by atoms with E-state index in [1.807, 2.05) is 0 Å². The molecule has 2 aromatic carbocycles. The predicted octanol–water partition coefficient (Wildman–Crippen LogP) is 8.05. The Hall–Kier alpha value is -4.58. The van der Waals surface area contributed by atoms with E-state index in [0.29, 0.717) is 9.80 Å². The molecule has 2 heterocycles. The first-order chi connectivity index (χ1) is 26.2. The van der Waals surface area contributed by atoms with Crippen molar-refractivity contribution in [1.82, 2.24) is 9.80 Å². The summed E-state index contributed by atoms with van der Waals surface area (Å²) in [5, 5.41) is 0.00887. The Bertz CT molecular complexity index is 1960. The summed E-state index contributed by atoms with van der Waals surface area (Å²) < 4.78 is 237. The second-order valence-corrected chi connectivity index (χ2v) is 13.4. The van der Waals surface area contributed by atoms with Gasteiger partial charge in [-0.2, -0.15) is 74.6 Å². The summed E-state index contributed by atoms with van der Waals surface area (Å²) in [6.45, 7) is -1.65. The Labute approximate surface area is 318 Å². The number of ether oxygens (including phenoxy) is 1. The van der Waals surface area contributed by atoms with Gasteiger partial charge in [0.05, 0.1) is 30.0 Å². The second kappa shape index (κ2) is 14.6. The molecule has 322 valence electrons. The molecular formula is C32H23ClF17N3O5. The van der Waals surface area contributed by atoms with Crippen molar-refractivity contribution in [2.45, 2.75) is 72.6 Å². The number of amides is 3. The van der Waals surface area contributed by atoms with E-state index in [4.69, 9.17) is 22.1 Å². The molecule has 2 aliphatic heterocycles. The molecule has 0 bridgehead atoms. The SMILES string of the molecule is CN1C(=O)[C@@H]2[C@H](C1=O)[C@H](C(=O)OCCCC(F)(F)C(F)(F)C(F)(F)C(F)(F)C(F)(F)C(F)(F)C(F)(F)C(F)(F)F)N(C(=O)c1ccccc1N)[C@@H]2c1cccc(Cl)c1. The molecule has 4 rings (SSSR count). The summed E-state index contributed by atoms with van der Waals surface area (Å²) in [5.41, 5.74) is 5.37. The number of hydrogen-bond donors (Lipinski definition) is 1. The van der Waals surface area contributed by atoms with E-state index in [1.165, 1.54) is 42.5 Å². The normalized spacial score (nSPS) is 21.4. The van der Waals surface area contributed by atoms with E-state index in [9.17, 15) is 93.8 Å². The van der Waals surface area contributed by atoms with Gasteiger partial charge in [-0.1, -0.05) is 35.9 Å². The van der Waals surface area contributed by atoms with Crippen LogP contribution < -0.4 is 5.73 Å². The molecule has 0 aliphatic carbocycles. The monoisotopic (exact) mass is 887 g/mol. The summed E-state index contributed by atoms with van der Waals surface area (Å²) >= 11 is 6.09. The van der Waals surface area contributed by atoms with Crippen molar-refractivity contribution in [3.8, 4) is 0 Å². The van der Waals surface area contributed by atoms with Crippen LogP contribution in [0.3, 0.4) is 0 Å². The first-order valence-corrected chi connectivity index (χ1v) is 16.2. The molecule has 2 aromatic rings. The number of anilines is 1. The third-order valence-corrected chi connectivity index (χ3v) is 9.66. The molecule has 0 aromatic heterocycles. The van der Waals surface area contributed by atoms with Crippen LogP contribution in [0.15, 0.2) is 48.5 Å². The van der Waals surface area contributed by atoms with Crippen LogP contribution >= 0.6 is 11.6 Å². The Morgan fingerprint density at radius 3 is 1.72 bits per heavy atom. The van der Waals surface area contributed by atoms with E-state index in [1.54, 1.807) is 0 Å². The van der Waals surface area contributed by atoms with Gasteiger partial charge in [-0.15, -0.1) is 0 Å². The van der Waals surface area contributed by atoms with Crippen LogP contribution in [0.2, 0.25) is 5.02 Å². The standard InChI is InChI=1S/C32H23ClF17N3O5/c1-52-22(55)17-18(23(52)56)20(53(19(17)13-6-4-7-14(33)12-13)21(54)15-8-2-3-9-16(15)51)24(57)58-11-5-10-25(34,35)26(36,37)27(38,39)28(40,41)29(42,43)30(44,45)31(46,47)32(48,49)50/h2-4,6-9,12,17-20H,5,10-11,51H2,1H3/t17-,18+,19-,20-/m1/s1. The Balaban J connectivity index is 1.63. The van der Waals surface area contributed by atoms with Crippen molar-refractivity contribution in [3.63, 3.8) is 0 Å². The fourth-order valence-electron chi connectivity index (χ4n) is 6.35. The maximum atomic E-state index is 14.5. The largest absolute Gasteiger partial charge is 0.464 e. The maximum absolute atomic E-state index is 14.5. The van der Waals surface area contributed by atoms with Crippen LogP contribution in [-0.2, 0) is 19.1 Å². The number of rotatable bonds is 13. The third-order valence-electron chi connectivity index (χ3n) is 9.42. The van der Waals surface area contributed by atoms with Crippen molar-refractivity contribution >= 4 is 41.0 Å². The second-order valence-electron chi connectivity index (χ2n) is 13.0. The number of alkyl halides is 17. The average molecular weight is 888 g/mol. The lowest BCUT2D eigenvalue weighted by Gasteiger charge is -2.42. The van der Waals surface area contributed by atoms with Crippen molar-refractivity contribution < 1.29 is 98.6 Å². The van der Waals surface area contributed by atoms with Crippen molar-refractivity contribution in [2.24, 2.45) is 11.8 Å². The molecule has 0 spiro atoms. The number of halogens is 18. The molecule has 0 unspecified atom stereocenters. The molecule has 8 nitrogen and oxygen atoms in total. The fourth-order valence-corrected chi connectivity index (χ4v) is 6.55. The van der Waals surface area contributed by atoms with E-state index in [-0.39, 0.29) is 21.8 Å².